The molecule has 5 nitrogen and oxygen atoms in total. The van der Waals surface area contributed by atoms with Gasteiger partial charge in [-0.15, -0.1) is 0 Å². The van der Waals surface area contributed by atoms with E-state index in [2.05, 4.69) is 10.6 Å². The lowest BCUT2D eigenvalue weighted by molar-refractivity contribution is 0.0526. The fourth-order valence-corrected chi connectivity index (χ4v) is 2.81. The Morgan fingerprint density at radius 1 is 0.867 bits per heavy atom. The van der Waals surface area contributed by atoms with E-state index in [1.807, 2.05) is 0 Å². The van der Waals surface area contributed by atoms with Gasteiger partial charge in [0.1, 0.15) is 17.2 Å². The van der Waals surface area contributed by atoms with E-state index in [0.29, 0.717) is 11.3 Å². The molecule has 0 fully saturated rings. The van der Waals surface area contributed by atoms with E-state index in [-0.39, 0.29) is 17.7 Å². The van der Waals surface area contributed by atoms with Crippen molar-refractivity contribution < 1.29 is 23.5 Å². The zero-order valence-electron chi connectivity index (χ0n) is 16.2. The van der Waals surface area contributed by atoms with Crippen molar-refractivity contribution >= 4 is 17.5 Å². The van der Waals surface area contributed by atoms with E-state index in [9.17, 15) is 23.5 Å². The Morgan fingerprint density at radius 2 is 1.47 bits per heavy atom. The molecule has 0 saturated carbocycles. The van der Waals surface area contributed by atoms with Gasteiger partial charge in [-0.3, -0.25) is 9.59 Å². The fourth-order valence-electron chi connectivity index (χ4n) is 2.81. The molecule has 30 heavy (non-hydrogen) atoms. The average Bonchev–Trinajstić information content (AvgIpc) is 2.73. The highest BCUT2D eigenvalue weighted by atomic mass is 19.1. The molecule has 0 heterocycles. The molecule has 1 atom stereocenters. The monoisotopic (exact) mass is 410 g/mol. The molecule has 0 aromatic heterocycles. The highest BCUT2D eigenvalue weighted by Gasteiger charge is 2.24. The molecule has 0 saturated heterocycles. The summed E-state index contributed by atoms with van der Waals surface area (Å²) in [7, 11) is 0. The third-order valence-electron chi connectivity index (χ3n) is 4.55. The summed E-state index contributed by atoms with van der Waals surface area (Å²) in [5.41, 5.74) is 0.0211. The van der Waals surface area contributed by atoms with Gasteiger partial charge in [0.15, 0.2) is 0 Å². The van der Waals surface area contributed by atoms with Crippen molar-refractivity contribution in [1.29, 1.82) is 0 Å². The number of halogens is 2. The first kappa shape index (κ1) is 21.1. The molecule has 0 aliphatic heterocycles. The third kappa shape index (κ3) is 5.27. The Kier molecular flexibility index (Phi) is 6.23. The lowest BCUT2D eigenvalue weighted by atomic mass is 9.96. The van der Waals surface area contributed by atoms with Gasteiger partial charge in [-0.1, -0.05) is 18.2 Å². The van der Waals surface area contributed by atoms with Crippen LogP contribution in [0.2, 0.25) is 0 Å². The Labute approximate surface area is 172 Å². The van der Waals surface area contributed by atoms with Crippen molar-refractivity contribution in [1.82, 2.24) is 5.32 Å². The van der Waals surface area contributed by atoms with Crippen LogP contribution in [0.15, 0.2) is 72.8 Å². The second-order valence-electron chi connectivity index (χ2n) is 7.01. The van der Waals surface area contributed by atoms with Crippen molar-refractivity contribution in [2.45, 2.75) is 12.5 Å². The van der Waals surface area contributed by atoms with Crippen LogP contribution in [0.4, 0.5) is 14.5 Å². The van der Waals surface area contributed by atoms with Gasteiger partial charge in [0, 0.05) is 16.8 Å². The van der Waals surface area contributed by atoms with Crippen LogP contribution < -0.4 is 10.6 Å². The Morgan fingerprint density at radius 3 is 2.10 bits per heavy atom. The average molecular weight is 410 g/mol. The first-order valence-electron chi connectivity index (χ1n) is 9.18. The molecule has 7 heteroatoms. The van der Waals surface area contributed by atoms with Gasteiger partial charge >= 0.3 is 0 Å². The number of anilines is 1. The summed E-state index contributed by atoms with van der Waals surface area (Å²) in [5.74, 6) is -1.75. The van der Waals surface area contributed by atoms with E-state index in [0.717, 1.165) is 0 Å². The standard InChI is InChI=1S/C23H20F2N2O3/c1-23(30,17-7-11-19(25)12-8-17)14-26-21(28)16-3-2-4-20(13-16)27-22(29)15-5-9-18(24)10-6-15/h2-13,30H,14H2,1H3,(H,26,28)(H,27,29)/t23-/m1/s1. The molecule has 3 N–H and O–H groups in total. The van der Waals surface area contributed by atoms with Crippen molar-refractivity contribution in [3.05, 3.63) is 101 Å². The van der Waals surface area contributed by atoms with Crippen LogP contribution in [-0.2, 0) is 5.60 Å². The molecule has 0 bridgehead atoms. The van der Waals surface area contributed by atoms with Crippen LogP contribution in [0.5, 0.6) is 0 Å². The number of hydrogen-bond acceptors (Lipinski definition) is 3. The smallest absolute Gasteiger partial charge is 0.255 e. The predicted molar refractivity (Wildman–Crippen MR) is 109 cm³/mol. The van der Waals surface area contributed by atoms with Gasteiger partial charge in [0.25, 0.3) is 11.8 Å². The number of aliphatic hydroxyl groups is 1. The van der Waals surface area contributed by atoms with Crippen LogP contribution in [0.1, 0.15) is 33.2 Å². The van der Waals surface area contributed by atoms with E-state index < -0.39 is 29.0 Å². The number of nitrogens with one attached hydrogen (secondary N) is 2. The van der Waals surface area contributed by atoms with Gasteiger partial charge in [0.2, 0.25) is 0 Å². The fraction of sp³-hybridized carbons (Fsp3) is 0.130. The van der Waals surface area contributed by atoms with Gasteiger partial charge in [0.05, 0.1) is 6.54 Å². The third-order valence-corrected chi connectivity index (χ3v) is 4.55. The molecular formula is C23H20F2N2O3. The summed E-state index contributed by atoms with van der Waals surface area (Å²) in [5, 5.41) is 15.9. The minimum atomic E-state index is -1.39. The summed E-state index contributed by atoms with van der Waals surface area (Å²) >= 11 is 0. The molecule has 0 radical (unpaired) electrons. The number of hydrogen-bond donors (Lipinski definition) is 3. The molecule has 0 aliphatic rings. The number of rotatable bonds is 6. The zero-order valence-corrected chi connectivity index (χ0v) is 16.2. The minimum Gasteiger partial charge on any atom is -0.384 e. The van der Waals surface area contributed by atoms with Gasteiger partial charge in [-0.25, -0.2) is 8.78 Å². The highest BCUT2D eigenvalue weighted by Crippen LogP contribution is 2.20. The zero-order chi connectivity index (χ0) is 21.7. The van der Waals surface area contributed by atoms with E-state index >= 15 is 0 Å². The minimum absolute atomic E-state index is 0.0936. The maximum Gasteiger partial charge on any atom is 0.255 e. The second-order valence-corrected chi connectivity index (χ2v) is 7.01. The molecule has 0 aliphatic carbocycles. The Bertz CT molecular complexity index is 1050. The number of carbonyl (C=O) groups excluding carboxylic acids is 2. The molecule has 0 unspecified atom stereocenters. The van der Waals surface area contributed by atoms with Crippen LogP contribution in [0, 0.1) is 11.6 Å². The van der Waals surface area contributed by atoms with Gasteiger partial charge in [-0.2, -0.15) is 0 Å². The molecule has 3 aromatic rings. The largest absolute Gasteiger partial charge is 0.384 e. The lowest BCUT2D eigenvalue weighted by Crippen LogP contribution is -2.38. The predicted octanol–water partition coefficient (Wildman–Crippen LogP) is 3.85. The Hall–Kier alpha value is -3.58. The number of amides is 2. The van der Waals surface area contributed by atoms with Crippen LogP contribution in [-0.4, -0.2) is 23.5 Å². The summed E-state index contributed by atoms with van der Waals surface area (Å²) in [6.45, 7) is 1.42. The Balaban J connectivity index is 1.64. The van der Waals surface area contributed by atoms with Crippen molar-refractivity contribution in [2.75, 3.05) is 11.9 Å². The van der Waals surface area contributed by atoms with Crippen LogP contribution in [0.3, 0.4) is 0 Å². The van der Waals surface area contributed by atoms with Crippen LogP contribution >= 0.6 is 0 Å². The van der Waals surface area contributed by atoms with E-state index in [4.69, 9.17) is 0 Å². The van der Waals surface area contributed by atoms with E-state index in [1.165, 1.54) is 61.5 Å². The quantitative estimate of drug-likeness (QED) is 0.578. The summed E-state index contributed by atoms with van der Waals surface area (Å²) in [4.78, 5) is 24.7. The van der Waals surface area contributed by atoms with Crippen molar-refractivity contribution in [2.24, 2.45) is 0 Å². The van der Waals surface area contributed by atoms with E-state index in [1.54, 1.807) is 18.2 Å². The lowest BCUT2D eigenvalue weighted by Gasteiger charge is -2.24. The SMILES string of the molecule is C[C@@](O)(CNC(=O)c1cccc(NC(=O)c2ccc(F)cc2)c1)c1ccc(F)cc1. The van der Waals surface area contributed by atoms with Crippen molar-refractivity contribution in [3.63, 3.8) is 0 Å². The summed E-state index contributed by atoms with van der Waals surface area (Å²) in [6.07, 6.45) is 0. The molecule has 3 aromatic carbocycles. The number of benzene rings is 3. The maximum absolute atomic E-state index is 13.1. The van der Waals surface area contributed by atoms with Crippen molar-refractivity contribution in [3.8, 4) is 0 Å². The van der Waals surface area contributed by atoms with Gasteiger partial charge in [-0.05, 0) is 67.1 Å². The normalized spacial score (nSPS) is 12.7. The number of carbonyl (C=O) groups is 2. The molecule has 3 rings (SSSR count). The molecule has 0 spiro atoms. The second kappa shape index (κ2) is 8.84. The first-order chi connectivity index (χ1) is 14.2. The summed E-state index contributed by atoms with van der Waals surface area (Å²) in [6, 6.07) is 16.7. The molecule has 154 valence electrons. The topological polar surface area (TPSA) is 78.4 Å². The van der Waals surface area contributed by atoms with Gasteiger partial charge < -0.3 is 15.7 Å². The first-order valence-corrected chi connectivity index (χ1v) is 9.18. The highest BCUT2D eigenvalue weighted by molar-refractivity contribution is 6.05. The summed E-state index contributed by atoms with van der Waals surface area (Å²) < 4.78 is 26.1. The maximum atomic E-state index is 13.1. The molecule has 2 amide bonds. The molecular weight excluding hydrogens is 390 g/mol. The van der Waals surface area contributed by atoms with Crippen LogP contribution in [0.25, 0.3) is 0 Å².